The highest BCUT2D eigenvalue weighted by Crippen LogP contribution is 2.45. The predicted molar refractivity (Wildman–Crippen MR) is 68.2 cm³/mol. The lowest BCUT2D eigenvalue weighted by atomic mass is 9.90. The van der Waals surface area contributed by atoms with Crippen LogP contribution < -0.4 is 0 Å². The third-order valence-corrected chi connectivity index (χ3v) is 3.86. The summed E-state index contributed by atoms with van der Waals surface area (Å²) >= 11 is 0. The van der Waals surface area contributed by atoms with E-state index in [1.807, 2.05) is 0 Å². The van der Waals surface area contributed by atoms with Gasteiger partial charge in [0.05, 0.1) is 5.92 Å². The first kappa shape index (κ1) is 12.2. The Kier molecular flexibility index (Phi) is 3.23. The van der Waals surface area contributed by atoms with Crippen molar-refractivity contribution in [2.75, 3.05) is 0 Å². The maximum atomic E-state index is 10.8. The van der Waals surface area contributed by atoms with Crippen LogP contribution in [-0.2, 0) is 4.79 Å². The second kappa shape index (κ2) is 4.52. The van der Waals surface area contributed by atoms with E-state index in [1.54, 1.807) is 0 Å². The Hall–Kier alpha value is -1.31. The minimum absolute atomic E-state index is 0.0810. The zero-order chi connectivity index (χ0) is 12.6. The summed E-state index contributed by atoms with van der Waals surface area (Å²) in [6, 6.07) is 6.52. The van der Waals surface area contributed by atoms with Gasteiger partial charge in [0.25, 0.3) is 0 Å². The maximum absolute atomic E-state index is 10.8. The summed E-state index contributed by atoms with van der Waals surface area (Å²) in [5, 5.41) is 8.91. The largest absolute Gasteiger partial charge is 0.481 e. The second-order valence-electron chi connectivity index (χ2n) is 5.44. The van der Waals surface area contributed by atoms with Crippen molar-refractivity contribution in [1.82, 2.24) is 0 Å². The number of aliphatic carboxylic acids is 1. The van der Waals surface area contributed by atoms with Gasteiger partial charge in [0.2, 0.25) is 0 Å². The fourth-order valence-corrected chi connectivity index (χ4v) is 2.68. The van der Waals surface area contributed by atoms with E-state index < -0.39 is 5.97 Å². The average molecular weight is 232 g/mol. The lowest BCUT2D eigenvalue weighted by Gasteiger charge is -2.15. The highest BCUT2D eigenvalue weighted by molar-refractivity contribution is 5.73. The third-order valence-electron chi connectivity index (χ3n) is 3.86. The molecule has 1 fully saturated rings. The van der Waals surface area contributed by atoms with E-state index in [0.29, 0.717) is 11.8 Å². The summed E-state index contributed by atoms with van der Waals surface area (Å²) in [6.45, 7) is 6.44. The van der Waals surface area contributed by atoms with Gasteiger partial charge >= 0.3 is 5.97 Å². The van der Waals surface area contributed by atoms with E-state index in [1.165, 1.54) is 16.7 Å². The molecule has 1 aliphatic carbocycles. The van der Waals surface area contributed by atoms with Crippen LogP contribution in [-0.4, -0.2) is 11.1 Å². The monoisotopic (exact) mass is 232 g/mol. The van der Waals surface area contributed by atoms with E-state index in [0.717, 1.165) is 12.8 Å². The maximum Gasteiger partial charge on any atom is 0.306 e. The number of hydrogen-bond acceptors (Lipinski definition) is 1. The zero-order valence-corrected chi connectivity index (χ0v) is 10.7. The van der Waals surface area contributed by atoms with E-state index in [2.05, 4.69) is 39.0 Å². The van der Waals surface area contributed by atoms with Crippen LogP contribution in [0.25, 0.3) is 0 Å². The first-order valence-electron chi connectivity index (χ1n) is 6.29. The summed E-state index contributed by atoms with van der Waals surface area (Å²) in [5.41, 5.74) is 3.97. The van der Waals surface area contributed by atoms with Gasteiger partial charge in [0.1, 0.15) is 0 Å². The van der Waals surface area contributed by atoms with Crippen molar-refractivity contribution in [3.8, 4) is 0 Å². The quantitative estimate of drug-likeness (QED) is 0.862. The van der Waals surface area contributed by atoms with E-state index in [4.69, 9.17) is 5.11 Å². The summed E-state index contributed by atoms with van der Waals surface area (Å²) in [7, 11) is 0. The van der Waals surface area contributed by atoms with Crippen molar-refractivity contribution in [2.24, 2.45) is 11.8 Å². The molecular formula is C15H20O2. The molecule has 0 saturated heterocycles. The molecule has 2 heteroatoms. The van der Waals surface area contributed by atoms with Gasteiger partial charge < -0.3 is 5.11 Å². The van der Waals surface area contributed by atoms with E-state index in [9.17, 15) is 4.79 Å². The zero-order valence-electron chi connectivity index (χ0n) is 10.7. The molecule has 1 aliphatic rings. The lowest BCUT2D eigenvalue weighted by molar-refractivity contribution is -0.138. The Morgan fingerprint density at radius 1 is 1.47 bits per heavy atom. The van der Waals surface area contributed by atoms with Crippen molar-refractivity contribution < 1.29 is 9.90 Å². The van der Waals surface area contributed by atoms with Crippen molar-refractivity contribution in [2.45, 2.75) is 39.5 Å². The molecule has 0 radical (unpaired) electrons. The summed E-state index contributed by atoms with van der Waals surface area (Å²) in [6.07, 6.45) is 1.87. The smallest absolute Gasteiger partial charge is 0.306 e. The molecule has 3 unspecified atom stereocenters. The Morgan fingerprint density at radius 2 is 2.18 bits per heavy atom. The molecule has 92 valence electrons. The van der Waals surface area contributed by atoms with Crippen LogP contribution in [0.15, 0.2) is 18.2 Å². The molecule has 2 rings (SSSR count). The molecule has 3 atom stereocenters. The minimum atomic E-state index is -0.622. The van der Waals surface area contributed by atoms with E-state index in [-0.39, 0.29) is 5.92 Å². The van der Waals surface area contributed by atoms with Gasteiger partial charge in [0.15, 0.2) is 0 Å². The predicted octanol–water partition coefficient (Wildman–Crippen LogP) is 3.52. The molecule has 1 N–H and O–H groups in total. The SMILES string of the molecule is Cc1ccc(C)c(C(C)CC2CC2C(=O)O)c1. The van der Waals surface area contributed by atoms with Gasteiger partial charge in [-0.15, -0.1) is 0 Å². The number of hydrogen-bond donors (Lipinski definition) is 1. The molecule has 0 aromatic heterocycles. The molecular weight excluding hydrogens is 212 g/mol. The standard InChI is InChI=1S/C15H20O2/c1-9-4-5-10(2)13(6-9)11(3)7-12-8-14(12)15(16)17/h4-6,11-12,14H,7-8H2,1-3H3,(H,16,17). The molecule has 0 amide bonds. The number of carboxylic acids is 1. The van der Waals surface area contributed by atoms with Crippen LogP contribution in [0.3, 0.4) is 0 Å². The van der Waals surface area contributed by atoms with Gasteiger partial charge in [-0.3, -0.25) is 4.79 Å². The van der Waals surface area contributed by atoms with Crippen LogP contribution in [0.5, 0.6) is 0 Å². The second-order valence-corrected chi connectivity index (χ2v) is 5.44. The lowest BCUT2D eigenvalue weighted by Crippen LogP contribution is -2.03. The topological polar surface area (TPSA) is 37.3 Å². The van der Waals surface area contributed by atoms with Gasteiger partial charge in [-0.1, -0.05) is 30.7 Å². The number of rotatable bonds is 4. The van der Waals surface area contributed by atoms with Crippen LogP contribution in [0.1, 0.15) is 42.4 Å². The van der Waals surface area contributed by atoms with Crippen LogP contribution in [0.4, 0.5) is 0 Å². The van der Waals surface area contributed by atoms with Gasteiger partial charge in [-0.25, -0.2) is 0 Å². The molecule has 0 bridgehead atoms. The highest BCUT2D eigenvalue weighted by Gasteiger charge is 2.43. The van der Waals surface area contributed by atoms with Gasteiger partial charge in [0, 0.05) is 0 Å². The molecule has 17 heavy (non-hydrogen) atoms. The molecule has 1 aromatic rings. The van der Waals surface area contributed by atoms with Crippen molar-refractivity contribution in [3.63, 3.8) is 0 Å². The van der Waals surface area contributed by atoms with Crippen LogP contribution in [0, 0.1) is 25.7 Å². The average Bonchev–Trinajstić information content (AvgIpc) is 3.01. The summed E-state index contributed by atoms with van der Waals surface area (Å²) < 4.78 is 0. The molecule has 0 spiro atoms. The van der Waals surface area contributed by atoms with Crippen molar-refractivity contribution in [1.29, 1.82) is 0 Å². The molecule has 0 aliphatic heterocycles. The highest BCUT2D eigenvalue weighted by atomic mass is 16.4. The van der Waals surface area contributed by atoms with Crippen LogP contribution in [0.2, 0.25) is 0 Å². The summed E-state index contributed by atoms with van der Waals surface area (Å²) in [4.78, 5) is 10.8. The minimum Gasteiger partial charge on any atom is -0.481 e. The fraction of sp³-hybridized carbons (Fsp3) is 0.533. The van der Waals surface area contributed by atoms with Gasteiger partial charge in [-0.2, -0.15) is 0 Å². The van der Waals surface area contributed by atoms with E-state index >= 15 is 0 Å². The number of carbonyl (C=O) groups is 1. The Morgan fingerprint density at radius 3 is 2.76 bits per heavy atom. The van der Waals surface area contributed by atoms with Gasteiger partial charge in [-0.05, 0) is 49.7 Å². The number of benzene rings is 1. The van der Waals surface area contributed by atoms with Crippen LogP contribution >= 0.6 is 0 Å². The number of aryl methyl sites for hydroxylation is 2. The summed E-state index contributed by atoms with van der Waals surface area (Å²) in [5.74, 6) is 0.150. The van der Waals surface area contributed by atoms with Crippen molar-refractivity contribution >= 4 is 5.97 Å². The normalized spacial score (nSPS) is 24.4. The Labute approximate surface area is 103 Å². The third kappa shape index (κ3) is 2.68. The Bertz CT molecular complexity index is 437. The first-order valence-corrected chi connectivity index (χ1v) is 6.29. The molecule has 2 nitrogen and oxygen atoms in total. The fourth-order valence-electron chi connectivity index (χ4n) is 2.68. The van der Waals surface area contributed by atoms with Crippen molar-refractivity contribution in [3.05, 3.63) is 34.9 Å². The molecule has 1 saturated carbocycles. The number of carboxylic acid groups (broad SMARTS) is 1. The first-order chi connectivity index (χ1) is 7.99. The Balaban J connectivity index is 2.03. The molecule has 1 aromatic carbocycles. The molecule has 0 heterocycles.